The van der Waals surface area contributed by atoms with E-state index in [1.54, 1.807) is 12.1 Å². The summed E-state index contributed by atoms with van der Waals surface area (Å²) in [6.45, 7) is 11.3. The molecule has 1 N–H and O–H groups in total. The summed E-state index contributed by atoms with van der Waals surface area (Å²) in [6.07, 6.45) is 3.16. The summed E-state index contributed by atoms with van der Waals surface area (Å²) in [4.78, 5) is 11.9. The van der Waals surface area contributed by atoms with Gasteiger partial charge in [0.05, 0.1) is 5.56 Å². The first-order chi connectivity index (χ1) is 12.2. The SMILES string of the molecule is CC=C(c1ccccc1C(=O)O)C1(C)c2ccccc2CC(C)C1(C)C. The van der Waals surface area contributed by atoms with E-state index in [0.29, 0.717) is 11.5 Å². The Balaban J connectivity index is 2.33. The number of allylic oxidation sites excluding steroid dienone is 2. The lowest BCUT2D eigenvalue weighted by molar-refractivity contribution is 0.0696. The fourth-order valence-electron chi connectivity index (χ4n) is 4.72. The molecule has 0 heterocycles. The van der Waals surface area contributed by atoms with E-state index in [2.05, 4.69) is 58.0 Å². The van der Waals surface area contributed by atoms with Crippen molar-refractivity contribution in [2.75, 3.05) is 0 Å². The van der Waals surface area contributed by atoms with E-state index in [1.165, 1.54) is 11.1 Å². The Hall–Kier alpha value is -2.35. The Morgan fingerprint density at radius 1 is 1.04 bits per heavy atom. The molecule has 2 heteroatoms. The molecular formula is C24H28O2. The normalized spacial score (nSPS) is 24.8. The van der Waals surface area contributed by atoms with Crippen LogP contribution in [-0.4, -0.2) is 11.1 Å². The van der Waals surface area contributed by atoms with Gasteiger partial charge in [-0.15, -0.1) is 0 Å². The Morgan fingerprint density at radius 3 is 2.23 bits per heavy atom. The first-order valence-corrected chi connectivity index (χ1v) is 9.33. The molecule has 1 aliphatic rings. The summed E-state index contributed by atoms with van der Waals surface area (Å²) in [7, 11) is 0. The van der Waals surface area contributed by atoms with Crippen molar-refractivity contribution in [3.8, 4) is 0 Å². The van der Waals surface area contributed by atoms with Crippen LogP contribution < -0.4 is 0 Å². The monoisotopic (exact) mass is 348 g/mol. The number of carbonyl (C=O) groups is 1. The molecule has 0 saturated carbocycles. The molecule has 1 aliphatic carbocycles. The molecule has 0 radical (unpaired) electrons. The van der Waals surface area contributed by atoms with E-state index in [0.717, 1.165) is 17.6 Å². The Morgan fingerprint density at radius 2 is 1.62 bits per heavy atom. The molecule has 2 unspecified atom stereocenters. The first-order valence-electron chi connectivity index (χ1n) is 9.33. The zero-order chi connectivity index (χ0) is 19.1. The third kappa shape index (κ3) is 2.51. The maximum Gasteiger partial charge on any atom is 0.336 e. The lowest BCUT2D eigenvalue weighted by Gasteiger charge is -2.54. The summed E-state index contributed by atoms with van der Waals surface area (Å²) in [5, 5.41) is 9.74. The summed E-state index contributed by atoms with van der Waals surface area (Å²) < 4.78 is 0. The molecule has 0 amide bonds. The van der Waals surface area contributed by atoms with Crippen LogP contribution in [0.15, 0.2) is 54.6 Å². The van der Waals surface area contributed by atoms with Crippen LogP contribution in [0.2, 0.25) is 0 Å². The fourth-order valence-corrected chi connectivity index (χ4v) is 4.72. The highest BCUT2D eigenvalue weighted by molar-refractivity contribution is 5.96. The van der Waals surface area contributed by atoms with Gasteiger partial charge in [0.15, 0.2) is 0 Å². The number of carboxylic acid groups (broad SMARTS) is 1. The minimum atomic E-state index is -0.876. The van der Waals surface area contributed by atoms with Crippen molar-refractivity contribution >= 4 is 11.5 Å². The molecule has 0 aliphatic heterocycles. The molecule has 0 spiro atoms. The summed E-state index contributed by atoms with van der Waals surface area (Å²) in [6, 6.07) is 16.0. The molecular weight excluding hydrogens is 320 g/mol. The number of fused-ring (bicyclic) bond motifs is 1. The van der Waals surface area contributed by atoms with E-state index in [9.17, 15) is 9.90 Å². The molecule has 2 aromatic carbocycles. The summed E-state index contributed by atoms with van der Waals surface area (Å²) in [5.74, 6) is -0.396. The summed E-state index contributed by atoms with van der Waals surface area (Å²) >= 11 is 0. The maximum atomic E-state index is 11.9. The van der Waals surface area contributed by atoms with E-state index in [4.69, 9.17) is 0 Å². The Kier molecular flexibility index (Phi) is 4.56. The van der Waals surface area contributed by atoms with Gasteiger partial charge in [-0.2, -0.15) is 0 Å². The van der Waals surface area contributed by atoms with Gasteiger partial charge in [0.1, 0.15) is 0 Å². The van der Waals surface area contributed by atoms with Crippen LogP contribution >= 0.6 is 0 Å². The highest BCUT2D eigenvalue weighted by Crippen LogP contribution is 2.58. The lowest BCUT2D eigenvalue weighted by atomic mass is 9.49. The van der Waals surface area contributed by atoms with Crippen molar-refractivity contribution in [1.29, 1.82) is 0 Å². The van der Waals surface area contributed by atoms with Crippen molar-refractivity contribution < 1.29 is 9.90 Å². The number of carboxylic acids is 1. The lowest BCUT2D eigenvalue weighted by Crippen LogP contribution is -2.49. The number of benzene rings is 2. The van der Waals surface area contributed by atoms with E-state index >= 15 is 0 Å². The van der Waals surface area contributed by atoms with Gasteiger partial charge in [0.2, 0.25) is 0 Å². The molecule has 0 aromatic heterocycles. The molecule has 0 bridgehead atoms. The minimum absolute atomic E-state index is 0.0190. The van der Waals surface area contributed by atoms with Gasteiger partial charge in [-0.3, -0.25) is 0 Å². The average molecular weight is 348 g/mol. The van der Waals surface area contributed by atoms with Crippen LogP contribution in [0.5, 0.6) is 0 Å². The smallest absolute Gasteiger partial charge is 0.336 e. The van der Waals surface area contributed by atoms with Gasteiger partial charge >= 0.3 is 5.97 Å². The predicted molar refractivity (Wildman–Crippen MR) is 107 cm³/mol. The van der Waals surface area contributed by atoms with Gasteiger partial charge < -0.3 is 5.11 Å². The third-order valence-corrected chi connectivity index (χ3v) is 6.88. The third-order valence-electron chi connectivity index (χ3n) is 6.88. The molecule has 0 saturated heterocycles. The van der Waals surface area contributed by atoms with Gasteiger partial charge in [-0.1, -0.05) is 76.2 Å². The minimum Gasteiger partial charge on any atom is -0.478 e. The van der Waals surface area contributed by atoms with Gasteiger partial charge in [-0.05, 0) is 53.0 Å². The zero-order valence-corrected chi connectivity index (χ0v) is 16.3. The second-order valence-electron chi connectivity index (χ2n) is 8.16. The van der Waals surface area contributed by atoms with Gasteiger partial charge in [0, 0.05) is 5.41 Å². The van der Waals surface area contributed by atoms with Crippen LogP contribution in [0.1, 0.15) is 61.7 Å². The van der Waals surface area contributed by atoms with Gasteiger partial charge in [-0.25, -0.2) is 4.79 Å². The second kappa shape index (κ2) is 6.42. The first kappa shape index (κ1) is 18.4. The van der Waals surface area contributed by atoms with Crippen molar-refractivity contribution in [3.05, 3.63) is 76.9 Å². The largest absolute Gasteiger partial charge is 0.478 e. The number of aromatic carboxylic acids is 1. The number of rotatable bonds is 3. The van der Waals surface area contributed by atoms with Crippen molar-refractivity contribution in [1.82, 2.24) is 0 Å². The molecule has 2 atom stereocenters. The second-order valence-corrected chi connectivity index (χ2v) is 8.16. The highest BCUT2D eigenvalue weighted by Gasteiger charge is 2.52. The van der Waals surface area contributed by atoms with Crippen LogP contribution in [0.3, 0.4) is 0 Å². The van der Waals surface area contributed by atoms with Crippen LogP contribution in [0.25, 0.3) is 5.57 Å². The predicted octanol–water partition coefficient (Wildman–Crippen LogP) is 5.96. The molecule has 3 rings (SSSR count). The number of hydrogen-bond donors (Lipinski definition) is 1. The van der Waals surface area contributed by atoms with Crippen LogP contribution in [0, 0.1) is 11.3 Å². The molecule has 136 valence electrons. The zero-order valence-electron chi connectivity index (χ0n) is 16.3. The van der Waals surface area contributed by atoms with Crippen molar-refractivity contribution in [3.63, 3.8) is 0 Å². The van der Waals surface area contributed by atoms with Crippen LogP contribution in [0.4, 0.5) is 0 Å². The number of hydrogen-bond acceptors (Lipinski definition) is 1. The van der Waals surface area contributed by atoms with Crippen molar-refractivity contribution in [2.24, 2.45) is 11.3 Å². The molecule has 2 nitrogen and oxygen atoms in total. The van der Waals surface area contributed by atoms with E-state index < -0.39 is 5.97 Å². The summed E-state index contributed by atoms with van der Waals surface area (Å²) in [5.41, 5.74) is 4.68. The van der Waals surface area contributed by atoms with E-state index in [1.807, 2.05) is 19.1 Å². The molecule has 0 fully saturated rings. The molecule has 2 aromatic rings. The fraction of sp³-hybridized carbons (Fsp3) is 0.375. The van der Waals surface area contributed by atoms with Gasteiger partial charge in [0.25, 0.3) is 0 Å². The van der Waals surface area contributed by atoms with E-state index in [-0.39, 0.29) is 10.8 Å². The maximum absolute atomic E-state index is 11.9. The van der Waals surface area contributed by atoms with Crippen LogP contribution in [-0.2, 0) is 11.8 Å². The standard InChI is InChI=1S/C24H28O2/c1-6-20(18-12-8-9-13-19(18)22(25)26)24(5)21-14-10-7-11-17(21)15-16(2)23(24,3)4/h6-14,16H,15H2,1-5H3,(H,25,26). The van der Waals surface area contributed by atoms with Crippen molar-refractivity contribution in [2.45, 2.75) is 46.5 Å². The Bertz CT molecular complexity index is 875. The quantitative estimate of drug-likeness (QED) is 0.742. The molecule has 26 heavy (non-hydrogen) atoms. The topological polar surface area (TPSA) is 37.3 Å². The highest BCUT2D eigenvalue weighted by atomic mass is 16.4. The Labute approximate surface area is 156 Å². The average Bonchev–Trinajstić information content (AvgIpc) is 2.61.